The predicted molar refractivity (Wildman–Crippen MR) is 49.8 cm³/mol. The molecule has 0 aliphatic heterocycles. The Hall–Kier alpha value is -1.98. The van der Waals surface area contributed by atoms with Crippen LogP contribution in [0.15, 0.2) is 39.6 Å². The summed E-state index contributed by atoms with van der Waals surface area (Å²) in [5, 5.41) is 2.25. The maximum absolute atomic E-state index is 12.4. The molecule has 3 nitrogen and oxygen atoms in total. The lowest BCUT2D eigenvalue weighted by molar-refractivity contribution is -0.137. The number of hydrogen-bond donors (Lipinski definition) is 1. The first-order chi connectivity index (χ1) is 7.47. The van der Waals surface area contributed by atoms with E-state index in [-0.39, 0.29) is 11.3 Å². The molecule has 84 valence electrons. The third-order valence-electron chi connectivity index (χ3n) is 2.02. The van der Waals surface area contributed by atoms with Gasteiger partial charge in [0.2, 0.25) is 0 Å². The molecule has 0 bridgehead atoms. The highest BCUT2D eigenvalue weighted by Crippen LogP contribution is 2.31. The SMILES string of the molecule is O=c1cc(-c2cccc(C(F)(F)F)c2)[nH]o1. The van der Waals surface area contributed by atoms with Gasteiger partial charge in [-0.2, -0.15) is 13.2 Å². The minimum absolute atomic E-state index is 0.219. The minimum atomic E-state index is -4.40. The van der Waals surface area contributed by atoms with Crippen molar-refractivity contribution in [2.45, 2.75) is 6.18 Å². The van der Waals surface area contributed by atoms with Crippen LogP contribution in [0.1, 0.15) is 5.56 Å². The fourth-order valence-corrected chi connectivity index (χ4v) is 1.29. The molecule has 0 radical (unpaired) electrons. The van der Waals surface area contributed by atoms with Crippen LogP contribution < -0.4 is 5.63 Å². The van der Waals surface area contributed by atoms with Crippen LogP contribution >= 0.6 is 0 Å². The number of halogens is 3. The highest BCUT2D eigenvalue weighted by Gasteiger charge is 2.30. The van der Waals surface area contributed by atoms with Gasteiger partial charge in [-0.3, -0.25) is 0 Å². The quantitative estimate of drug-likeness (QED) is 0.817. The maximum Gasteiger partial charge on any atom is 0.416 e. The van der Waals surface area contributed by atoms with E-state index in [1.807, 2.05) is 0 Å². The number of aromatic nitrogens is 1. The van der Waals surface area contributed by atoms with Crippen molar-refractivity contribution in [1.29, 1.82) is 0 Å². The summed E-state index contributed by atoms with van der Waals surface area (Å²) in [6.07, 6.45) is -4.40. The summed E-state index contributed by atoms with van der Waals surface area (Å²) in [7, 11) is 0. The first-order valence-electron chi connectivity index (χ1n) is 4.33. The number of hydrogen-bond acceptors (Lipinski definition) is 2. The lowest BCUT2D eigenvalue weighted by Crippen LogP contribution is -2.04. The van der Waals surface area contributed by atoms with Gasteiger partial charge >= 0.3 is 11.8 Å². The van der Waals surface area contributed by atoms with Crippen molar-refractivity contribution in [2.75, 3.05) is 0 Å². The van der Waals surface area contributed by atoms with Crippen molar-refractivity contribution >= 4 is 0 Å². The zero-order valence-electron chi connectivity index (χ0n) is 7.84. The molecule has 6 heteroatoms. The van der Waals surface area contributed by atoms with Gasteiger partial charge in [0.1, 0.15) is 0 Å². The van der Waals surface area contributed by atoms with E-state index < -0.39 is 17.4 Å². The Morgan fingerprint density at radius 2 is 1.94 bits per heavy atom. The van der Waals surface area contributed by atoms with Crippen LogP contribution in [0.2, 0.25) is 0 Å². The molecule has 0 amide bonds. The van der Waals surface area contributed by atoms with Gasteiger partial charge in [-0.1, -0.05) is 12.1 Å². The Kier molecular flexibility index (Phi) is 2.34. The molecule has 16 heavy (non-hydrogen) atoms. The third-order valence-corrected chi connectivity index (χ3v) is 2.02. The van der Waals surface area contributed by atoms with Crippen LogP contribution in [-0.4, -0.2) is 5.16 Å². The van der Waals surface area contributed by atoms with Crippen molar-refractivity contribution in [3.8, 4) is 11.3 Å². The zero-order chi connectivity index (χ0) is 11.8. The molecule has 0 aliphatic rings. The summed E-state index contributed by atoms with van der Waals surface area (Å²) in [6, 6.07) is 5.72. The van der Waals surface area contributed by atoms with Crippen molar-refractivity contribution in [1.82, 2.24) is 5.16 Å². The van der Waals surface area contributed by atoms with Crippen molar-refractivity contribution in [2.24, 2.45) is 0 Å². The van der Waals surface area contributed by atoms with E-state index in [9.17, 15) is 18.0 Å². The lowest BCUT2D eigenvalue weighted by Gasteiger charge is -2.07. The molecule has 0 fully saturated rings. The van der Waals surface area contributed by atoms with Gasteiger partial charge in [-0.05, 0) is 12.1 Å². The van der Waals surface area contributed by atoms with Crippen LogP contribution in [0.4, 0.5) is 13.2 Å². The molecule has 0 spiro atoms. The van der Waals surface area contributed by atoms with Crippen LogP contribution in [0.5, 0.6) is 0 Å². The van der Waals surface area contributed by atoms with Gasteiger partial charge in [-0.15, -0.1) is 0 Å². The van der Waals surface area contributed by atoms with Crippen molar-refractivity contribution < 1.29 is 17.7 Å². The number of H-pyrrole nitrogens is 1. The van der Waals surface area contributed by atoms with Gasteiger partial charge in [-0.25, -0.2) is 9.95 Å². The average Bonchev–Trinajstić information content (AvgIpc) is 2.64. The molecule has 1 N–H and O–H groups in total. The van der Waals surface area contributed by atoms with Crippen LogP contribution in [0.3, 0.4) is 0 Å². The Labute approximate surface area is 87.5 Å². The largest absolute Gasteiger partial charge is 0.416 e. The smallest absolute Gasteiger partial charge is 0.339 e. The fraction of sp³-hybridized carbons (Fsp3) is 0.100. The molecule has 0 unspecified atom stereocenters. The molecule has 2 rings (SSSR count). The highest BCUT2D eigenvalue weighted by molar-refractivity contribution is 5.59. The van der Waals surface area contributed by atoms with E-state index in [4.69, 9.17) is 0 Å². The van der Waals surface area contributed by atoms with Crippen molar-refractivity contribution in [3.05, 3.63) is 46.3 Å². The third kappa shape index (κ3) is 2.00. The van der Waals surface area contributed by atoms with E-state index in [1.54, 1.807) is 0 Å². The van der Waals surface area contributed by atoms with Crippen molar-refractivity contribution in [3.63, 3.8) is 0 Å². The lowest BCUT2D eigenvalue weighted by atomic mass is 10.1. The second-order valence-corrected chi connectivity index (χ2v) is 3.16. The molecular weight excluding hydrogens is 223 g/mol. The molecule has 0 saturated carbocycles. The molecule has 0 aliphatic carbocycles. The molecule has 2 aromatic rings. The second-order valence-electron chi connectivity index (χ2n) is 3.16. The molecule has 1 aromatic heterocycles. The summed E-state index contributed by atoms with van der Waals surface area (Å²) in [4.78, 5) is 10.7. The minimum Gasteiger partial charge on any atom is -0.339 e. The first-order valence-corrected chi connectivity index (χ1v) is 4.33. The monoisotopic (exact) mass is 229 g/mol. The molecule has 1 aromatic carbocycles. The van der Waals surface area contributed by atoms with E-state index in [2.05, 4.69) is 9.68 Å². The Balaban J connectivity index is 2.48. The summed E-state index contributed by atoms with van der Waals surface area (Å²) in [5.74, 6) is 0. The summed E-state index contributed by atoms with van der Waals surface area (Å²) >= 11 is 0. The van der Waals surface area contributed by atoms with Crippen LogP contribution in [0.25, 0.3) is 11.3 Å². The maximum atomic E-state index is 12.4. The average molecular weight is 229 g/mol. The fourth-order valence-electron chi connectivity index (χ4n) is 1.29. The first kappa shape index (κ1) is 10.5. The summed E-state index contributed by atoms with van der Waals surface area (Å²) in [6.45, 7) is 0. The molecular formula is C10H6F3NO2. The summed E-state index contributed by atoms with van der Waals surface area (Å²) in [5.41, 5.74) is -0.934. The van der Waals surface area contributed by atoms with E-state index in [1.165, 1.54) is 12.1 Å². The number of aromatic amines is 1. The zero-order valence-corrected chi connectivity index (χ0v) is 7.84. The van der Waals surface area contributed by atoms with Crippen LogP contribution in [0, 0.1) is 0 Å². The Bertz CT molecular complexity index is 553. The number of rotatable bonds is 1. The Morgan fingerprint density at radius 3 is 2.50 bits per heavy atom. The van der Waals surface area contributed by atoms with E-state index in [0.717, 1.165) is 18.2 Å². The Morgan fingerprint density at radius 1 is 1.19 bits per heavy atom. The predicted octanol–water partition coefficient (Wildman–Crippen LogP) is 2.65. The van der Waals surface area contributed by atoms with E-state index in [0.29, 0.717) is 0 Å². The van der Waals surface area contributed by atoms with Gasteiger partial charge < -0.3 is 4.52 Å². The van der Waals surface area contributed by atoms with Crippen LogP contribution in [-0.2, 0) is 6.18 Å². The van der Waals surface area contributed by atoms with Gasteiger partial charge in [0.05, 0.1) is 17.3 Å². The standard InChI is InChI=1S/C10H6F3NO2/c11-10(12,13)7-3-1-2-6(4-7)8-5-9(15)16-14-8/h1-5,14H. The van der Waals surface area contributed by atoms with Gasteiger partial charge in [0.25, 0.3) is 0 Å². The second kappa shape index (κ2) is 3.55. The molecule has 1 heterocycles. The molecule has 0 saturated heterocycles. The number of benzene rings is 1. The summed E-state index contributed by atoms with van der Waals surface area (Å²) < 4.78 is 41.6. The normalized spacial score (nSPS) is 11.7. The number of alkyl halides is 3. The topological polar surface area (TPSA) is 46.0 Å². The molecule has 0 atom stereocenters. The van der Waals surface area contributed by atoms with Gasteiger partial charge in [0, 0.05) is 5.56 Å². The number of nitrogens with one attached hydrogen (secondary N) is 1. The highest BCUT2D eigenvalue weighted by atomic mass is 19.4. The van der Waals surface area contributed by atoms with E-state index >= 15 is 0 Å². The van der Waals surface area contributed by atoms with Gasteiger partial charge in [0.15, 0.2) is 0 Å².